The molecule has 2 aromatic carbocycles. The first kappa shape index (κ1) is 21.4. The minimum atomic E-state index is -1.12. The van der Waals surface area contributed by atoms with E-state index in [-0.39, 0.29) is 18.9 Å². The highest BCUT2D eigenvalue weighted by atomic mass is 16.6. The van der Waals surface area contributed by atoms with Gasteiger partial charge in [0.2, 0.25) is 5.91 Å². The Morgan fingerprint density at radius 1 is 1.10 bits per heavy atom. The molecular weight excluding hydrogens is 384 g/mol. The molecule has 0 aromatic heterocycles. The molecule has 3 rings (SSSR count). The van der Waals surface area contributed by atoms with Crippen LogP contribution in [0.25, 0.3) is 0 Å². The van der Waals surface area contributed by atoms with Crippen molar-refractivity contribution in [2.45, 2.75) is 45.8 Å². The van der Waals surface area contributed by atoms with Crippen LogP contribution in [0.4, 0.5) is 11.4 Å². The maximum atomic E-state index is 13.1. The number of para-hydroxylation sites is 3. The van der Waals surface area contributed by atoms with Crippen LogP contribution in [0.15, 0.2) is 48.5 Å². The first-order valence-electron chi connectivity index (χ1n) is 9.84. The number of hydrogen-bond acceptors (Lipinski definition) is 5. The molecule has 0 spiro atoms. The molecule has 0 radical (unpaired) electrons. The van der Waals surface area contributed by atoms with E-state index in [0.29, 0.717) is 17.1 Å². The standard InChI is InChI=1S/C23H26N2O5/c1-15-9-5-8-12-19(15)29-14-13-20(26)30-16(2)21(27)25-18-11-7-6-10-17(18)24-22(28)23(25,3)4/h5-12,16H,13-14H2,1-4H3,(H,24,28)/t16-/m0/s1. The van der Waals surface area contributed by atoms with Gasteiger partial charge in [-0.3, -0.25) is 19.3 Å². The molecule has 1 aliphatic rings. The second-order valence-corrected chi connectivity index (χ2v) is 7.70. The zero-order valence-electron chi connectivity index (χ0n) is 17.6. The number of benzene rings is 2. The predicted octanol–water partition coefficient (Wildman–Crippen LogP) is 3.46. The molecule has 158 valence electrons. The molecular formula is C23H26N2O5. The number of aryl methyl sites for hydroxylation is 1. The van der Waals surface area contributed by atoms with E-state index in [1.54, 1.807) is 38.1 Å². The van der Waals surface area contributed by atoms with E-state index in [2.05, 4.69) is 5.32 Å². The van der Waals surface area contributed by atoms with E-state index < -0.39 is 23.5 Å². The van der Waals surface area contributed by atoms with E-state index in [1.807, 2.05) is 31.2 Å². The Balaban J connectivity index is 1.64. The average molecular weight is 410 g/mol. The highest BCUT2D eigenvalue weighted by Gasteiger charge is 2.45. The molecule has 0 saturated heterocycles. The third-order valence-electron chi connectivity index (χ3n) is 5.04. The lowest BCUT2D eigenvalue weighted by Crippen LogP contribution is -2.60. The number of nitrogens with one attached hydrogen (secondary N) is 1. The van der Waals surface area contributed by atoms with Crippen LogP contribution in [-0.2, 0) is 19.1 Å². The van der Waals surface area contributed by atoms with Gasteiger partial charge in [0, 0.05) is 0 Å². The molecule has 1 aliphatic heterocycles. The lowest BCUT2D eigenvalue weighted by Gasteiger charge is -2.42. The van der Waals surface area contributed by atoms with Gasteiger partial charge in [-0.05, 0) is 51.5 Å². The number of amides is 2. The van der Waals surface area contributed by atoms with Gasteiger partial charge in [0.05, 0.1) is 24.4 Å². The molecule has 1 N–H and O–H groups in total. The molecule has 2 aromatic rings. The number of fused-ring (bicyclic) bond motifs is 1. The fourth-order valence-electron chi connectivity index (χ4n) is 3.30. The topological polar surface area (TPSA) is 84.9 Å². The van der Waals surface area contributed by atoms with Crippen LogP contribution in [0.1, 0.15) is 32.8 Å². The number of esters is 1. The largest absolute Gasteiger partial charge is 0.493 e. The van der Waals surface area contributed by atoms with Crippen LogP contribution in [-0.4, -0.2) is 36.0 Å². The maximum Gasteiger partial charge on any atom is 0.310 e. The second-order valence-electron chi connectivity index (χ2n) is 7.70. The van der Waals surface area contributed by atoms with Crippen LogP contribution < -0.4 is 15.0 Å². The summed E-state index contributed by atoms with van der Waals surface area (Å²) in [5.41, 5.74) is 0.956. The monoisotopic (exact) mass is 410 g/mol. The Morgan fingerprint density at radius 2 is 1.77 bits per heavy atom. The quantitative estimate of drug-likeness (QED) is 0.737. The Kier molecular flexibility index (Phi) is 6.10. The number of hydrogen-bond donors (Lipinski definition) is 1. The SMILES string of the molecule is Cc1ccccc1OCCC(=O)O[C@@H](C)C(=O)N1c2ccccc2NC(=O)C1(C)C. The van der Waals surface area contributed by atoms with Crippen molar-refractivity contribution in [1.82, 2.24) is 0 Å². The van der Waals surface area contributed by atoms with Crippen LogP contribution in [0.5, 0.6) is 5.75 Å². The van der Waals surface area contributed by atoms with Gasteiger partial charge in [-0.15, -0.1) is 0 Å². The van der Waals surface area contributed by atoms with Gasteiger partial charge >= 0.3 is 5.97 Å². The van der Waals surface area contributed by atoms with Crippen LogP contribution in [0.2, 0.25) is 0 Å². The molecule has 1 heterocycles. The Bertz CT molecular complexity index is 970. The van der Waals surface area contributed by atoms with Crippen molar-refractivity contribution in [3.8, 4) is 5.75 Å². The highest BCUT2D eigenvalue weighted by Crippen LogP contribution is 2.37. The van der Waals surface area contributed by atoms with Crippen LogP contribution in [0.3, 0.4) is 0 Å². The van der Waals surface area contributed by atoms with Crippen molar-refractivity contribution >= 4 is 29.2 Å². The maximum absolute atomic E-state index is 13.1. The molecule has 0 aliphatic carbocycles. The predicted molar refractivity (Wildman–Crippen MR) is 113 cm³/mol. The van der Waals surface area contributed by atoms with Gasteiger partial charge in [-0.1, -0.05) is 30.3 Å². The Morgan fingerprint density at radius 3 is 2.50 bits per heavy atom. The lowest BCUT2D eigenvalue weighted by molar-refractivity contribution is -0.154. The second kappa shape index (κ2) is 8.57. The zero-order valence-corrected chi connectivity index (χ0v) is 17.6. The van der Waals surface area contributed by atoms with Crippen molar-refractivity contribution in [2.24, 2.45) is 0 Å². The summed E-state index contributed by atoms with van der Waals surface area (Å²) in [5.74, 6) is -0.612. The van der Waals surface area contributed by atoms with Gasteiger partial charge < -0.3 is 14.8 Å². The van der Waals surface area contributed by atoms with E-state index >= 15 is 0 Å². The molecule has 0 unspecified atom stereocenters. The summed E-state index contributed by atoms with van der Waals surface area (Å²) in [5, 5.41) is 2.81. The zero-order chi connectivity index (χ0) is 21.9. The van der Waals surface area contributed by atoms with E-state index in [9.17, 15) is 14.4 Å². The van der Waals surface area contributed by atoms with Crippen LogP contribution >= 0.6 is 0 Å². The van der Waals surface area contributed by atoms with E-state index in [0.717, 1.165) is 5.56 Å². The minimum Gasteiger partial charge on any atom is -0.493 e. The number of ether oxygens (including phenoxy) is 2. The van der Waals surface area contributed by atoms with Crippen molar-refractivity contribution in [3.63, 3.8) is 0 Å². The van der Waals surface area contributed by atoms with Crippen molar-refractivity contribution in [3.05, 3.63) is 54.1 Å². The fraction of sp³-hybridized carbons (Fsp3) is 0.348. The summed E-state index contributed by atoms with van der Waals surface area (Å²) in [7, 11) is 0. The molecule has 0 fully saturated rings. The molecule has 2 amide bonds. The van der Waals surface area contributed by atoms with Crippen LogP contribution in [0, 0.1) is 6.92 Å². The summed E-state index contributed by atoms with van der Waals surface area (Å²) in [4.78, 5) is 39.3. The Hall–Kier alpha value is -3.35. The van der Waals surface area contributed by atoms with E-state index in [4.69, 9.17) is 9.47 Å². The highest BCUT2D eigenvalue weighted by molar-refractivity contribution is 6.15. The number of carbonyl (C=O) groups excluding carboxylic acids is 3. The molecule has 7 heteroatoms. The lowest BCUT2D eigenvalue weighted by atomic mass is 9.95. The molecule has 0 saturated carbocycles. The summed E-state index contributed by atoms with van der Waals surface area (Å²) in [6.07, 6.45) is -1.04. The molecule has 0 bridgehead atoms. The number of nitrogens with zero attached hydrogens (tertiary/aromatic N) is 1. The first-order chi connectivity index (χ1) is 14.2. The summed E-state index contributed by atoms with van der Waals surface area (Å²) < 4.78 is 10.9. The number of rotatable bonds is 6. The van der Waals surface area contributed by atoms with E-state index in [1.165, 1.54) is 11.8 Å². The smallest absolute Gasteiger partial charge is 0.310 e. The third-order valence-corrected chi connectivity index (χ3v) is 5.04. The first-order valence-corrected chi connectivity index (χ1v) is 9.84. The average Bonchev–Trinajstić information content (AvgIpc) is 2.70. The molecule has 1 atom stereocenters. The normalized spacial score (nSPS) is 15.6. The summed E-state index contributed by atoms with van der Waals surface area (Å²) in [6, 6.07) is 14.5. The summed E-state index contributed by atoms with van der Waals surface area (Å²) >= 11 is 0. The van der Waals surface area contributed by atoms with Crippen molar-refractivity contribution < 1.29 is 23.9 Å². The summed E-state index contributed by atoms with van der Waals surface area (Å²) in [6.45, 7) is 6.88. The van der Waals surface area contributed by atoms with Crippen molar-refractivity contribution in [2.75, 3.05) is 16.8 Å². The fourth-order valence-corrected chi connectivity index (χ4v) is 3.30. The Labute approximate surface area is 176 Å². The van der Waals surface area contributed by atoms with Gasteiger partial charge in [-0.2, -0.15) is 0 Å². The number of carbonyl (C=O) groups is 3. The third kappa shape index (κ3) is 4.30. The van der Waals surface area contributed by atoms with Gasteiger partial charge in [-0.25, -0.2) is 0 Å². The van der Waals surface area contributed by atoms with Gasteiger partial charge in [0.1, 0.15) is 11.3 Å². The van der Waals surface area contributed by atoms with Gasteiger partial charge in [0.25, 0.3) is 5.91 Å². The van der Waals surface area contributed by atoms with Crippen molar-refractivity contribution in [1.29, 1.82) is 0 Å². The molecule has 7 nitrogen and oxygen atoms in total. The molecule has 30 heavy (non-hydrogen) atoms. The number of anilines is 2. The van der Waals surface area contributed by atoms with Gasteiger partial charge in [0.15, 0.2) is 6.10 Å². The minimum absolute atomic E-state index is 0.00637.